The van der Waals surface area contributed by atoms with Crippen LogP contribution in [0.2, 0.25) is 0 Å². The molecule has 160 valence electrons. The van der Waals surface area contributed by atoms with E-state index in [2.05, 4.69) is 10.6 Å². The molecule has 0 spiro atoms. The van der Waals surface area contributed by atoms with Crippen LogP contribution < -0.4 is 10.6 Å². The SMILES string of the molecule is COCC(=O)Nc1ccc(NC(=O)c2nn(-c3ccccc3)c3c2CCCCC3)cc1. The van der Waals surface area contributed by atoms with Crippen molar-refractivity contribution in [2.24, 2.45) is 0 Å². The molecule has 1 aliphatic carbocycles. The van der Waals surface area contributed by atoms with Gasteiger partial charge in [0.25, 0.3) is 5.91 Å². The van der Waals surface area contributed by atoms with Crippen molar-refractivity contribution >= 4 is 23.2 Å². The van der Waals surface area contributed by atoms with Crippen LogP contribution in [0.15, 0.2) is 54.6 Å². The Labute approximate surface area is 181 Å². The highest BCUT2D eigenvalue weighted by Crippen LogP contribution is 2.27. The number of nitrogens with zero attached hydrogens (tertiary/aromatic N) is 2. The highest BCUT2D eigenvalue weighted by molar-refractivity contribution is 6.04. The zero-order valence-corrected chi connectivity index (χ0v) is 17.6. The number of ether oxygens (including phenoxy) is 1. The van der Waals surface area contributed by atoms with E-state index in [9.17, 15) is 9.59 Å². The number of carbonyl (C=O) groups is 2. The van der Waals surface area contributed by atoms with Crippen LogP contribution in [0.4, 0.5) is 11.4 Å². The van der Waals surface area contributed by atoms with Gasteiger partial charge in [-0.15, -0.1) is 0 Å². The van der Waals surface area contributed by atoms with Gasteiger partial charge in [-0.25, -0.2) is 4.68 Å². The maximum absolute atomic E-state index is 13.1. The molecule has 0 bridgehead atoms. The number of hydrogen-bond acceptors (Lipinski definition) is 4. The Morgan fingerprint density at radius 2 is 1.61 bits per heavy atom. The highest BCUT2D eigenvalue weighted by atomic mass is 16.5. The summed E-state index contributed by atoms with van der Waals surface area (Å²) in [5.41, 5.74) is 4.91. The Bertz CT molecular complexity index is 1060. The van der Waals surface area contributed by atoms with Crippen molar-refractivity contribution in [2.75, 3.05) is 24.4 Å². The average Bonchev–Trinajstić information content (AvgIpc) is 2.97. The number of methoxy groups -OCH3 is 1. The molecule has 7 heteroatoms. The summed E-state index contributed by atoms with van der Waals surface area (Å²) >= 11 is 0. The van der Waals surface area contributed by atoms with E-state index in [0.717, 1.165) is 49.0 Å². The predicted molar refractivity (Wildman–Crippen MR) is 120 cm³/mol. The average molecular weight is 418 g/mol. The molecule has 4 rings (SSSR count). The van der Waals surface area contributed by atoms with E-state index < -0.39 is 0 Å². The summed E-state index contributed by atoms with van der Waals surface area (Å²) in [6.45, 7) is -0.00628. The number of aromatic nitrogens is 2. The van der Waals surface area contributed by atoms with E-state index in [1.165, 1.54) is 7.11 Å². The van der Waals surface area contributed by atoms with E-state index in [1.807, 2.05) is 35.0 Å². The molecule has 0 atom stereocenters. The van der Waals surface area contributed by atoms with Gasteiger partial charge in [0, 0.05) is 29.7 Å². The van der Waals surface area contributed by atoms with E-state index >= 15 is 0 Å². The summed E-state index contributed by atoms with van der Waals surface area (Å²) in [6.07, 6.45) is 5.09. The maximum atomic E-state index is 13.1. The zero-order chi connectivity index (χ0) is 21.6. The molecule has 31 heavy (non-hydrogen) atoms. The van der Waals surface area contributed by atoms with Gasteiger partial charge in [0.1, 0.15) is 6.61 Å². The quantitative estimate of drug-likeness (QED) is 0.593. The van der Waals surface area contributed by atoms with Gasteiger partial charge in [0.15, 0.2) is 5.69 Å². The third kappa shape index (κ3) is 4.83. The smallest absolute Gasteiger partial charge is 0.276 e. The minimum Gasteiger partial charge on any atom is -0.375 e. The van der Waals surface area contributed by atoms with Crippen molar-refractivity contribution in [1.29, 1.82) is 0 Å². The number of rotatable bonds is 6. The third-order valence-electron chi connectivity index (χ3n) is 5.35. The number of para-hydroxylation sites is 1. The van der Waals surface area contributed by atoms with Crippen LogP contribution in [0.3, 0.4) is 0 Å². The van der Waals surface area contributed by atoms with Crippen molar-refractivity contribution in [3.05, 3.63) is 71.5 Å². The fourth-order valence-electron chi connectivity index (χ4n) is 3.90. The second kappa shape index (κ2) is 9.57. The fourth-order valence-corrected chi connectivity index (χ4v) is 3.90. The minimum absolute atomic E-state index is 0.00628. The summed E-state index contributed by atoms with van der Waals surface area (Å²) < 4.78 is 6.73. The summed E-state index contributed by atoms with van der Waals surface area (Å²) in [5, 5.41) is 10.4. The summed E-state index contributed by atoms with van der Waals surface area (Å²) in [7, 11) is 1.47. The topological polar surface area (TPSA) is 85.2 Å². The number of amides is 2. The van der Waals surface area contributed by atoms with E-state index in [0.29, 0.717) is 17.1 Å². The van der Waals surface area contributed by atoms with Gasteiger partial charge in [-0.2, -0.15) is 5.10 Å². The van der Waals surface area contributed by atoms with Gasteiger partial charge < -0.3 is 15.4 Å². The van der Waals surface area contributed by atoms with Crippen LogP contribution in [-0.2, 0) is 22.4 Å². The van der Waals surface area contributed by atoms with Crippen LogP contribution in [0.25, 0.3) is 5.69 Å². The zero-order valence-electron chi connectivity index (χ0n) is 17.6. The number of fused-ring (bicyclic) bond motifs is 1. The molecule has 1 aromatic heterocycles. The predicted octanol–water partition coefficient (Wildman–Crippen LogP) is 3.98. The number of hydrogen-bond donors (Lipinski definition) is 2. The Morgan fingerprint density at radius 1 is 0.935 bits per heavy atom. The van der Waals surface area contributed by atoms with Crippen LogP contribution in [0.1, 0.15) is 41.0 Å². The Hall–Kier alpha value is -3.45. The normalized spacial score (nSPS) is 13.2. The Morgan fingerprint density at radius 3 is 2.32 bits per heavy atom. The molecule has 0 fully saturated rings. The molecule has 0 saturated heterocycles. The first-order valence-electron chi connectivity index (χ1n) is 10.5. The number of anilines is 2. The Kier molecular flexibility index (Phi) is 6.43. The third-order valence-corrected chi connectivity index (χ3v) is 5.35. The fraction of sp³-hybridized carbons (Fsp3) is 0.292. The molecular formula is C24H26N4O3. The van der Waals surface area contributed by atoms with Gasteiger partial charge in [0.2, 0.25) is 5.91 Å². The second-order valence-corrected chi connectivity index (χ2v) is 7.59. The summed E-state index contributed by atoms with van der Waals surface area (Å²) in [4.78, 5) is 24.7. The Balaban J connectivity index is 1.56. The first kappa shape index (κ1) is 20.8. The molecule has 2 amide bonds. The standard InChI is InChI=1S/C24H26N4O3/c1-31-16-22(29)25-17-12-14-18(15-13-17)26-24(30)23-20-10-6-3-7-11-21(20)28(27-23)19-8-4-2-5-9-19/h2,4-5,8-9,12-15H,3,6-7,10-11,16H2,1H3,(H,25,29)(H,26,30). The van der Waals surface area contributed by atoms with Crippen LogP contribution in [0.5, 0.6) is 0 Å². The van der Waals surface area contributed by atoms with Gasteiger partial charge in [0.05, 0.1) is 5.69 Å². The summed E-state index contributed by atoms with van der Waals surface area (Å²) in [5.74, 6) is -0.447. The highest BCUT2D eigenvalue weighted by Gasteiger charge is 2.24. The van der Waals surface area contributed by atoms with Crippen molar-refractivity contribution in [2.45, 2.75) is 32.1 Å². The lowest BCUT2D eigenvalue weighted by atomic mass is 10.1. The van der Waals surface area contributed by atoms with Gasteiger partial charge >= 0.3 is 0 Å². The van der Waals surface area contributed by atoms with Crippen LogP contribution in [-0.4, -0.2) is 35.3 Å². The monoisotopic (exact) mass is 418 g/mol. The molecule has 1 aliphatic rings. The molecular weight excluding hydrogens is 392 g/mol. The van der Waals surface area contributed by atoms with Gasteiger partial charge in [-0.3, -0.25) is 9.59 Å². The number of benzene rings is 2. The van der Waals surface area contributed by atoms with Crippen LogP contribution >= 0.6 is 0 Å². The van der Waals surface area contributed by atoms with Crippen LogP contribution in [0, 0.1) is 0 Å². The lowest BCUT2D eigenvalue weighted by Crippen LogP contribution is -2.17. The molecule has 1 heterocycles. The summed E-state index contributed by atoms with van der Waals surface area (Å²) in [6, 6.07) is 17.0. The first-order chi connectivity index (χ1) is 15.2. The lowest BCUT2D eigenvalue weighted by molar-refractivity contribution is -0.119. The van der Waals surface area contributed by atoms with Crippen molar-refractivity contribution in [3.8, 4) is 5.69 Å². The molecule has 0 radical (unpaired) electrons. The maximum Gasteiger partial charge on any atom is 0.276 e. The molecule has 3 aromatic rings. The second-order valence-electron chi connectivity index (χ2n) is 7.59. The number of carbonyl (C=O) groups excluding carboxylic acids is 2. The minimum atomic E-state index is -0.228. The lowest BCUT2D eigenvalue weighted by Gasteiger charge is -2.08. The van der Waals surface area contributed by atoms with Gasteiger partial charge in [-0.05, 0) is 62.1 Å². The number of nitrogens with one attached hydrogen (secondary N) is 2. The van der Waals surface area contributed by atoms with E-state index in [1.54, 1.807) is 24.3 Å². The van der Waals surface area contributed by atoms with E-state index in [-0.39, 0.29) is 18.4 Å². The van der Waals surface area contributed by atoms with E-state index in [4.69, 9.17) is 9.84 Å². The largest absolute Gasteiger partial charge is 0.375 e. The molecule has 0 aliphatic heterocycles. The van der Waals surface area contributed by atoms with Gasteiger partial charge in [-0.1, -0.05) is 24.6 Å². The van der Waals surface area contributed by atoms with Crippen molar-refractivity contribution in [3.63, 3.8) is 0 Å². The molecule has 2 N–H and O–H groups in total. The molecule has 2 aromatic carbocycles. The van der Waals surface area contributed by atoms with Crippen molar-refractivity contribution < 1.29 is 14.3 Å². The molecule has 0 saturated carbocycles. The first-order valence-corrected chi connectivity index (χ1v) is 10.5. The molecule has 7 nitrogen and oxygen atoms in total. The van der Waals surface area contributed by atoms with Crippen molar-refractivity contribution in [1.82, 2.24) is 9.78 Å². The molecule has 0 unspecified atom stereocenters.